The second-order valence-corrected chi connectivity index (χ2v) is 5.55. The first-order chi connectivity index (χ1) is 11.2. The number of amides is 1. The molecule has 3 aromatic rings. The number of rotatable bonds is 4. The van der Waals surface area contributed by atoms with Crippen LogP contribution in [0.3, 0.4) is 0 Å². The van der Waals surface area contributed by atoms with Gasteiger partial charge < -0.3 is 5.32 Å². The monoisotopic (exact) mass is 325 g/mol. The molecule has 0 aliphatic carbocycles. The van der Waals surface area contributed by atoms with E-state index in [9.17, 15) is 4.79 Å². The van der Waals surface area contributed by atoms with Crippen molar-refractivity contribution in [1.82, 2.24) is 9.78 Å². The van der Waals surface area contributed by atoms with E-state index in [2.05, 4.69) is 17.3 Å². The molecule has 1 aromatic heterocycles. The smallest absolute Gasteiger partial charge is 0.258 e. The van der Waals surface area contributed by atoms with E-state index in [1.165, 1.54) is 0 Å². The highest BCUT2D eigenvalue weighted by Gasteiger charge is 2.11. The standard InChI is InChI=1S/C18H16ClN3O/c1-2-13-5-3-4-6-17(13)21-18(23)14-11-20-22(12-14)16-9-7-15(19)8-10-16/h3-12H,2H2,1H3,(H,21,23). The number of nitrogens with zero attached hydrogens (tertiary/aromatic N) is 2. The molecule has 1 N–H and O–H groups in total. The van der Waals surface area contributed by atoms with Crippen molar-refractivity contribution in [2.75, 3.05) is 5.32 Å². The predicted octanol–water partition coefficient (Wildman–Crippen LogP) is 4.34. The van der Waals surface area contributed by atoms with Gasteiger partial charge in [-0.15, -0.1) is 0 Å². The van der Waals surface area contributed by atoms with Gasteiger partial charge in [0.05, 0.1) is 17.4 Å². The van der Waals surface area contributed by atoms with E-state index in [0.29, 0.717) is 10.6 Å². The normalized spacial score (nSPS) is 10.5. The summed E-state index contributed by atoms with van der Waals surface area (Å²) in [5, 5.41) is 7.83. The van der Waals surface area contributed by atoms with Gasteiger partial charge in [-0.1, -0.05) is 36.7 Å². The number of halogens is 1. The van der Waals surface area contributed by atoms with Crippen molar-refractivity contribution in [3.05, 3.63) is 77.1 Å². The quantitative estimate of drug-likeness (QED) is 0.775. The summed E-state index contributed by atoms with van der Waals surface area (Å²) in [5.74, 6) is -0.175. The first kappa shape index (κ1) is 15.3. The Morgan fingerprint density at radius 3 is 2.65 bits per heavy atom. The van der Waals surface area contributed by atoms with Gasteiger partial charge in [0.2, 0.25) is 0 Å². The van der Waals surface area contributed by atoms with Gasteiger partial charge in [0.25, 0.3) is 5.91 Å². The third kappa shape index (κ3) is 3.43. The maximum absolute atomic E-state index is 12.4. The van der Waals surface area contributed by atoms with E-state index in [1.807, 2.05) is 36.4 Å². The third-order valence-electron chi connectivity index (χ3n) is 3.58. The fourth-order valence-corrected chi connectivity index (χ4v) is 2.45. The summed E-state index contributed by atoms with van der Waals surface area (Å²) < 4.78 is 1.65. The lowest BCUT2D eigenvalue weighted by Gasteiger charge is -2.08. The Hall–Kier alpha value is -2.59. The molecule has 0 saturated heterocycles. The minimum atomic E-state index is -0.175. The maximum atomic E-state index is 12.4. The Morgan fingerprint density at radius 2 is 1.91 bits per heavy atom. The molecule has 0 fully saturated rings. The molecular weight excluding hydrogens is 310 g/mol. The Bertz CT molecular complexity index is 824. The second kappa shape index (κ2) is 6.67. The van der Waals surface area contributed by atoms with Crippen molar-refractivity contribution in [1.29, 1.82) is 0 Å². The van der Waals surface area contributed by atoms with Gasteiger partial charge in [-0.2, -0.15) is 5.10 Å². The Morgan fingerprint density at radius 1 is 1.17 bits per heavy atom. The molecule has 0 bridgehead atoms. The largest absolute Gasteiger partial charge is 0.322 e. The molecule has 23 heavy (non-hydrogen) atoms. The van der Waals surface area contributed by atoms with Crippen LogP contribution in [0.2, 0.25) is 5.02 Å². The summed E-state index contributed by atoms with van der Waals surface area (Å²) in [5.41, 5.74) is 3.29. The van der Waals surface area contributed by atoms with Crippen molar-refractivity contribution in [3.8, 4) is 5.69 Å². The number of hydrogen-bond donors (Lipinski definition) is 1. The summed E-state index contributed by atoms with van der Waals surface area (Å²) in [6.07, 6.45) is 4.12. The van der Waals surface area contributed by atoms with Gasteiger partial charge >= 0.3 is 0 Å². The number of para-hydroxylation sites is 1. The van der Waals surface area contributed by atoms with Crippen LogP contribution >= 0.6 is 11.6 Å². The first-order valence-electron chi connectivity index (χ1n) is 7.37. The van der Waals surface area contributed by atoms with Gasteiger partial charge in [0.1, 0.15) is 0 Å². The summed E-state index contributed by atoms with van der Waals surface area (Å²) in [4.78, 5) is 12.4. The minimum Gasteiger partial charge on any atom is -0.322 e. The Kier molecular flexibility index (Phi) is 4.44. The molecule has 0 aliphatic rings. The molecule has 0 aliphatic heterocycles. The molecule has 4 nitrogen and oxygen atoms in total. The molecule has 0 spiro atoms. The molecule has 0 saturated carbocycles. The van der Waals surface area contributed by atoms with Gasteiger partial charge in [-0.25, -0.2) is 4.68 Å². The third-order valence-corrected chi connectivity index (χ3v) is 3.83. The lowest BCUT2D eigenvalue weighted by atomic mass is 10.1. The van der Waals surface area contributed by atoms with Crippen molar-refractivity contribution in [2.45, 2.75) is 13.3 Å². The lowest BCUT2D eigenvalue weighted by Crippen LogP contribution is -2.12. The van der Waals surface area contributed by atoms with Crippen molar-refractivity contribution in [2.24, 2.45) is 0 Å². The number of carbonyl (C=O) groups is 1. The van der Waals surface area contributed by atoms with Crippen LogP contribution in [0.15, 0.2) is 60.9 Å². The number of aryl methyl sites for hydroxylation is 1. The highest BCUT2D eigenvalue weighted by atomic mass is 35.5. The first-order valence-corrected chi connectivity index (χ1v) is 7.75. The van der Waals surface area contributed by atoms with E-state index in [4.69, 9.17) is 11.6 Å². The predicted molar refractivity (Wildman–Crippen MR) is 92.3 cm³/mol. The molecule has 0 unspecified atom stereocenters. The van der Waals surface area contributed by atoms with E-state index < -0.39 is 0 Å². The van der Waals surface area contributed by atoms with Gasteiger partial charge in [-0.3, -0.25) is 4.79 Å². The van der Waals surface area contributed by atoms with Crippen LogP contribution in [0.4, 0.5) is 5.69 Å². The SMILES string of the molecule is CCc1ccccc1NC(=O)c1cnn(-c2ccc(Cl)cc2)c1. The van der Waals surface area contributed by atoms with Crippen LogP contribution in [-0.2, 0) is 6.42 Å². The fourth-order valence-electron chi connectivity index (χ4n) is 2.32. The van der Waals surface area contributed by atoms with Crippen LogP contribution in [0.1, 0.15) is 22.8 Å². The number of aromatic nitrogens is 2. The zero-order valence-corrected chi connectivity index (χ0v) is 13.4. The van der Waals surface area contributed by atoms with Crippen LogP contribution in [0, 0.1) is 0 Å². The number of hydrogen-bond acceptors (Lipinski definition) is 2. The maximum Gasteiger partial charge on any atom is 0.258 e. The molecule has 1 heterocycles. The second-order valence-electron chi connectivity index (χ2n) is 5.11. The molecule has 5 heteroatoms. The van der Waals surface area contributed by atoms with E-state index in [1.54, 1.807) is 29.2 Å². The highest BCUT2D eigenvalue weighted by molar-refractivity contribution is 6.30. The molecule has 2 aromatic carbocycles. The fraction of sp³-hybridized carbons (Fsp3) is 0.111. The highest BCUT2D eigenvalue weighted by Crippen LogP contribution is 2.17. The Labute approximate surface area is 139 Å². The van der Waals surface area contributed by atoms with E-state index in [0.717, 1.165) is 23.4 Å². The van der Waals surface area contributed by atoms with E-state index in [-0.39, 0.29) is 5.91 Å². The summed E-state index contributed by atoms with van der Waals surface area (Å²) >= 11 is 5.88. The van der Waals surface area contributed by atoms with Crippen LogP contribution in [0.5, 0.6) is 0 Å². The lowest BCUT2D eigenvalue weighted by molar-refractivity contribution is 0.102. The summed E-state index contributed by atoms with van der Waals surface area (Å²) in [6, 6.07) is 15.1. The van der Waals surface area contributed by atoms with Crippen LogP contribution in [-0.4, -0.2) is 15.7 Å². The Balaban J connectivity index is 1.80. The van der Waals surface area contributed by atoms with E-state index >= 15 is 0 Å². The molecular formula is C18H16ClN3O. The average molecular weight is 326 g/mol. The van der Waals surface area contributed by atoms with Gasteiger partial charge in [0, 0.05) is 16.9 Å². The number of benzene rings is 2. The van der Waals surface area contributed by atoms with Crippen molar-refractivity contribution < 1.29 is 4.79 Å². The van der Waals surface area contributed by atoms with Crippen LogP contribution < -0.4 is 5.32 Å². The van der Waals surface area contributed by atoms with Gasteiger partial charge in [0.15, 0.2) is 0 Å². The topological polar surface area (TPSA) is 46.9 Å². The zero-order valence-electron chi connectivity index (χ0n) is 12.7. The summed E-state index contributed by atoms with van der Waals surface area (Å²) in [6.45, 7) is 2.06. The average Bonchev–Trinajstić information content (AvgIpc) is 3.06. The molecule has 0 atom stereocenters. The molecule has 0 radical (unpaired) electrons. The molecule has 3 rings (SSSR count). The van der Waals surface area contributed by atoms with Crippen molar-refractivity contribution >= 4 is 23.2 Å². The number of nitrogens with one attached hydrogen (secondary N) is 1. The zero-order chi connectivity index (χ0) is 16.2. The molecule has 116 valence electrons. The minimum absolute atomic E-state index is 0.175. The summed E-state index contributed by atoms with van der Waals surface area (Å²) in [7, 11) is 0. The van der Waals surface area contributed by atoms with Crippen LogP contribution in [0.25, 0.3) is 5.69 Å². The molecule has 1 amide bonds. The van der Waals surface area contributed by atoms with Gasteiger partial charge in [-0.05, 0) is 42.3 Å². The van der Waals surface area contributed by atoms with Crippen molar-refractivity contribution in [3.63, 3.8) is 0 Å². The number of anilines is 1. The number of carbonyl (C=O) groups excluding carboxylic acids is 1.